The molecule has 0 spiro atoms. The molecule has 13 heavy (non-hydrogen) atoms. The summed E-state index contributed by atoms with van der Waals surface area (Å²) in [6, 6.07) is 5.83. The van der Waals surface area contributed by atoms with Gasteiger partial charge in [-0.25, -0.2) is 0 Å². The molecule has 1 unspecified atom stereocenters. The Labute approximate surface area is 77.5 Å². The Morgan fingerprint density at radius 2 is 2.23 bits per heavy atom. The Hall–Kier alpha value is -1.15. The Bertz CT molecular complexity index is 355. The lowest BCUT2D eigenvalue weighted by atomic mass is 10.1. The van der Waals surface area contributed by atoms with Crippen molar-refractivity contribution >= 4 is 5.78 Å². The molecule has 2 rings (SSSR count). The van der Waals surface area contributed by atoms with E-state index in [0.29, 0.717) is 0 Å². The average molecular weight is 176 g/mol. The molecule has 1 aromatic rings. The summed E-state index contributed by atoms with van der Waals surface area (Å²) < 4.78 is 5.11. The number of rotatable bonds is 1. The summed E-state index contributed by atoms with van der Waals surface area (Å²) in [5.41, 5.74) is 3.18. The lowest BCUT2D eigenvalue weighted by molar-refractivity contribution is 0.0646. The lowest BCUT2D eigenvalue weighted by Gasteiger charge is -2.02. The third-order valence-corrected chi connectivity index (χ3v) is 2.64. The van der Waals surface area contributed by atoms with Crippen molar-refractivity contribution in [3.8, 4) is 0 Å². The maximum absolute atomic E-state index is 11.7. The predicted octanol–water partition coefficient (Wildman–Crippen LogP) is 1.75. The summed E-state index contributed by atoms with van der Waals surface area (Å²) in [4.78, 5) is 11.7. The first-order chi connectivity index (χ1) is 6.24. The van der Waals surface area contributed by atoms with Gasteiger partial charge in [-0.2, -0.15) is 0 Å². The minimum Gasteiger partial charge on any atom is -0.373 e. The number of ether oxygens (including phenoxy) is 1. The van der Waals surface area contributed by atoms with Crippen LogP contribution in [0.1, 0.15) is 21.5 Å². The Morgan fingerprint density at radius 3 is 2.85 bits per heavy atom. The van der Waals surface area contributed by atoms with Gasteiger partial charge in [-0.1, -0.05) is 18.2 Å². The number of fused-ring (bicyclic) bond motifs is 1. The third-order valence-electron chi connectivity index (χ3n) is 2.64. The summed E-state index contributed by atoms with van der Waals surface area (Å²) >= 11 is 0. The summed E-state index contributed by atoms with van der Waals surface area (Å²) in [6.45, 7) is 2.03. The SMILES string of the molecule is COC1Cc2c(C)cccc2C1=O. The van der Waals surface area contributed by atoms with Gasteiger partial charge in [0.2, 0.25) is 0 Å². The summed E-state index contributed by atoms with van der Waals surface area (Å²) in [6.07, 6.45) is 0.480. The first-order valence-electron chi connectivity index (χ1n) is 4.39. The van der Waals surface area contributed by atoms with E-state index in [2.05, 4.69) is 0 Å². The van der Waals surface area contributed by atoms with Crippen LogP contribution in [0.25, 0.3) is 0 Å². The second-order valence-electron chi connectivity index (χ2n) is 3.39. The highest BCUT2D eigenvalue weighted by molar-refractivity contribution is 6.04. The molecule has 0 N–H and O–H groups in total. The molecule has 0 saturated carbocycles. The number of carbonyl (C=O) groups excluding carboxylic acids is 1. The molecule has 2 nitrogen and oxygen atoms in total. The lowest BCUT2D eigenvalue weighted by Crippen LogP contribution is -2.17. The highest BCUT2D eigenvalue weighted by atomic mass is 16.5. The minimum absolute atomic E-state index is 0.126. The first-order valence-corrected chi connectivity index (χ1v) is 4.39. The van der Waals surface area contributed by atoms with Crippen molar-refractivity contribution in [2.45, 2.75) is 19.4 Å². The van der Waals surface area contributed by atoms with Gasteiger partial charge >= 0.3 is 0 Å². The van der Waals surface area contributed by atoms with Gasteiger partial charge < -0.3 is 4.74 Å². The van der Waals surface area contributed by atoms with Crippen LogP contribution in [-0.4, -0.2) is 19.0 Å². The zero-order chi connectivity index (χ0) is 9.42. The molecule has 0 fully saturated rings. The number of Topliss-reactive ketones (excluding diaryl/α,β-unsaturated/α-hetero) is 1. The minimum atomic E-state index is -0.254. The number of methoxy groups -OCH3 is 1. The van der Waals surface area contributed by atoms with Crippen molar-refractivity contribution in [3.63, 3.8) is 0 Å². The van der Waals surface area contributed by atoms with Crippen LogP contribution in [0.5, 0.6) is 0 Å². The van der Waals surface area contributed by atoms with Gasteiger partial charge in [0.15, 0.2) is 5.78 Å². The molecule has 1 aliphatic carbocycles. The van der Waals surface area contributed by atoms with E-state index in [1.165, 1.54) is 5.56 Å². The molecule has 0 heterocycles. The maximum atomic E-state index is 11.7. The Morgan fingerprint density at radius 1 is 1.46 bits per heavy atom. The van der Waals surface area contributed by atoms with Crippen LogP contribution >= 0.6 is 0 Å². The van der Waals surface area contributed by atoms with E-state index in [9.17, 15) is 4.79 Å². The van der Waals surface area contributed by atoms with Gasteiger partial charge in [0.1, 0.15) is 6.10 Å². The monoisotopic (exact) mass is 176 g/mol. The molecular formula is C11H12O2. The van der Waals surface area contributed by atoms with Crippen molar-refractivity contribution in [2.24, 2.45) is 0 Å². The smallest absolute Gasteiger partial charge is 0.192 e. The normalized spacial score (nSPS) is 20.5. The molecule has 0 saturated heterocycles. The van der Waals surface area contributed by atoms with Crippen molar-refractivity contribution in [1.82, 2.24) is 0 Å². The molecule has 68 valence electrons. The summed E-state index contributed by atoms with van der Waals surface area (Å²) in [5.74, 6) is 0.126. The second kappa shape index (κ2) is 2.96. The summed E-state index contributed by atoms with van der Waals surface area (Å²) in [7, 11) is 1.59. The first kappa shape index (κ1) is 8.45. The number of hydrogen-bond donors (Lipinski definition) is 0. The zero-order valence-electron chi connectivity index (χ0n) is 7.83. The fraction of sp³-hybridized carbons (Fsp3) is 0.364. The van der Waals surface area contributed by atoms with Crippen LogP contribution in [0.3, 0.4) is 0 Å². The number of hydrogen-bond acceptors (Lipinski definition) is 2. The van der Waals surface area contributed by atoms with Crippen LogP contribution in [0, 0.1) is 6.92 Å². The van der Waals surface area contributed by atoms with Crippen molar-refractivity contribution < 1.29 is 9.53 Å². The van der Waals surface area contributed by atoms with E-state index in [1.807, 2.05) is 25.1 Å². The number of ketones is 1. The largest absolute Gasteiger partial charge is 0.373 e. The molecule has 0 radical (unpaired) electrons. The van der Waals surface area contributed by atoms with Crippen LogP contribution < -0.4 is 0 Å². The van der Waals surface area contributed by atoms with Crippen LogP contribution in [0.15, 0.2) is 18.2 Å². The van der Waals surface area contributed by atoms with Gasteiger partial charge in [0.25, 0.3) is 0 Å². The Kier molecular flexibility index (Phi) is 1.93. The fourth-order valence-electron chi connectivity index (χ4n) is 1.85. The highest BCUT2D eigenvalue weighted by Crippen LogP contribution is 2.26. The number of benzene rings is 1. The van der Waals surface area contributed by atoms with E-state index in [0.717, 1.165) is 17.5 Å². The second-order valence-corrected chi connectivity index (χ2v) is 3.39. The highest BCUT2D eigenvalue weighted by Gasteiger charge is 2.30. The molecule has 2 heteroatoms. The van der Waals surface area contributed by atoms with E-state index < -0.39 is 0 Å². The third kappa shape index (κ3) is 1.18. The van der Waals surface area contributed by atoms with Gasteiger partial charge in [-0.15, -0.1) is 0 Å². The van der Waals surface area contributed by atoms with Crippen molar-refractivity contribution in [3.05, 3.63) is 34.9 Å². The van der Waals surface area contributed by atoms with Gasteiger partial charge in [0.05, 0.1) is 0 Å². The van der Waals surface area contributed by atoms with E-state index in [1.54, 1.807) is 7.11 Å². The number of aryl methyl sites for hydroxylation is 1. The van der Waals surface area contributed by atoms with Gasteiger partial charge in [-0.3, -0.25) is 4.79 Å². The van der Waals surface area contributed by atoms with Crippen LogP contribution in [-0.2, 0) is 11.2 Å². The van der Waals surface area contributed by atoms with Gasteiger partial charge in [0, 0.05) is 19.1 Å². The molecule has 1 aliphatic rings. The summed E-state index contributed by atoms with van der Waals surface area (Å²) in [5, 5.41) is 0. The molecule has 1 aromatic carbocycles. The molecule has 0 aliphatic heterocycles. The average Bonchev–Trinajstić information content (AvgIpc) is 2.45. The standard InChI is InChI=1S/C11H12O2/c1-7-4-3-5-8-9(7)6-10(13-2)11(8)12/h3-5,10H,6H2,1-2H3. The molecule has 1 atom stereocenters. The predicted molar refractivity (Wildman–Crippen MR) is 50.0 cm³/mol. The molecule has 0 bridgehead atoms. The number of carbonyl (C=O) groups is 1. The van der Waals surface area contributed by atoms with Crippen molar-refractivity contribution in [1.29, 1.82) is 0 Å². The fourth-order valence-corrected chi connectivity index (χ4v) is 1.85. The molecule has 0 amide bonds. The van der Waals surface area contributed by atoms with Gasteiger partial charge in [-0.05, 0) is 18.1 Å². The van der Waals surface area contributed by atoms with Crippen LogP contribution in [0.4, 0.5) is 0 Å². The molecule has 0 aromatic heterocycles. The van der Waals surface area contributed by atoms with E-state index in [4.69, 9.17) is 4.74 Å². The molecular weight excluding hydrogens is 164 g/mol. The topological polar surface area (TPSA) is 26.3 Å². The quantitative estimate of drug-likeness (QED) is 0.651. The van der Waals surface area contributed by atoms with E-state index in [-0.39, 0.29) is 11.9 Å². The van der Waals surface area contributed by atoms with E-state index >= 15 is 0 Å². The Balaban J connectivity index is 2.49. The van der Waals surface area contributed by atoms with Crippen molar-refractivity contribution in [2.75, 3.05) is 7.11 Å². The maximum Gasteiger partial charge on any atom is 0.192 e. The zero-order valence-corrected chi connectivity index (χ0v) is 7.83. The van der Waals surface area contributed by atoms with Crippen LogP contribution in [0.2, 0.25) is 0 Å².